The Morgan fingerprint density at radius 1 is 1.28 bits per heavy atom. The maximum Gasteiger partial charge on any atom is 0.325 e. The Bertz CT molecular complexity index is 957. The highest BCUT2D eigenvalue weighted by atomic mass is 16.4. The van der Waals surface area contributed by atoms with Crippen LogP contribution in [-0.2, 0) is 16.1 Å². The minimum Gasteiger partial charge on any atom is -0.480 e. The van der Waals surface area contributed by atoms with Crippen LogP contribution in [0.3, 0.4) is 0 Å². The van der Waals surface area contributed by atoms with Gasteiger partial charge in [-0.2, -0.15) is 5.10 Å². The average molecular weight is 341 g/mol. The first kappa shape index (κ1) is 16.7. The summed E-state index contributed by atoms with van der Waals surface area (Å²) in [6.45, 7) is 5.01. The van der Waals surface area contributed by atoms with Gasteiger partial charge in [0.2, 0.25) is 5.91 Å². The topological polar surface area (TPSA) is 102 Å². The molecule has 0 fully saturated rings. The van der Waals surface area contributed by atoms with Crippen molar-refractivity contribution in [1.29, 1.82) is 0 Å². The Balaban J connectivity index is 1.85. The molecule has 1 atom stereocenters. The zero-order valence-corrected chi connectivity index (χ0v) is 14.2. The summed E-state index contributed by atoms with van der Waals surface area (Å²) >= 11 is 0. The highest BCUT2D eigenvalue weighted by Crippen LogP contribution is 2.23. The number of para-hydroxylation sites is 2. The lowest BCUT2D eigenvalue weighted by molar-refractivity contribution is -0.137. The first-order valence-electron chi connectivity index (χ1n) is 7.86. The van der Waals surface area contributed by atoms with E-state index in [9.17, 15) is 9.59 Å². The predicted octanol–water partition coefficient (Wildman–Crippen LogP) is 2.13. The molecule has 0 spiro atoms. The molecule has 2 aromatic heterocycles. The van der Waals surface area contributed by atoms with E-state index in [1.54, 1.807) is 31.7 Å². The van der Waals surface area contributed by atoms with E-state index in [-0.39, 0.29) is 12.5 Å². The molecule has 25 heavy (non-hydrogen) atoms. The van der Waals surface area contributed by atoms with Crippen LogP contribution in [0.25, 0.3) is 11.0 Å². The number of aryl methyl sites for hydroxylation is 1. The number of aliphatic carboxylic acids is 1. The van der Waals surface area contributed by atoms with Crippen molar-refractivity contribution in [3.63, 3.8) is 0 Å². The SMILES string of the molecule is Cc1nn(CC(=O)O)c(C)c1NC(=O)C(C)n1cnc2ccccc21. The van der Waals surface area contributed by atoms with Gasteiger partial charge in [0.05, 0.1) is 34.4 Å². The molecule has 0 bridgehead atoms. The maximum atomic E-state index is 12.7. The number of fused-ring (bicyclic) bond motifs is 1. The molecular formula is C17H19N5O3. The van der Waals surface area contributed by atoms with Crippen LogP contribution in [0.4, 0.5) is 5.69 Å². The third-order valence-corrected chi connectivity index (χ3v) is 4.19. The quantitative estimate of drug-likeness (QED) is 0.740. The van der Waals surface area contributed by atoms with Crippen LogP contribution in [0, 0.1) is 13.8 Å². The molecule has 3 rings (SSSR count). The zero-order valence-electron chi connectivity index (χ0n) is 14.2. The highest BCUT2D eigenvalue weighted by molar-refractivity contribution is 5.95. The first-order chi connectivity index (χ1) is 11.9. The minimum absolute atomic E-state index is 0.218. The molecule has 0 aliphatic heterocycles. The Morgan fingerprint density at radius 2 is 2.00 bits per heavy atom. The van der Waals surface area contributed by atoms with Gasteiger partial charge in [0, 0.05) is 0 Å². The number of benzene rings is 1. The maximum absolute atomic E-state index is 12.7. The largest absolute Gasteiger partial charge is 0.480 e. The fraction of sp³-hybridized carbons (Fsp3) is 0.294. The van der Waals surface area contributed by atoms with Crippen molar-refractivity contribution in [3.05, 3.63) is 42.0 Å². The third kappa shape index (κ3) is 3.10. The molecule has 0 saturated heterocycles. The molecule has 1 amide bonds. The lowest BCUT2D eigenvalue weighted by Crippen LogP contribution is -2.24. The number of nitrogens with one attached hydrogen (secondary N) is 1. The molecule has 3 aromatic rings. The van der Waals surface area contributed by atoms with Gasteiger partial charge in [-0.25, -0.2) is 4.98 Å². The first-order valence-corrected chi connectivity index (χ1v) is 7.86. The van der Waals surface area contributed by atoms with Crippen LogP contribution in [0.2, 0.25) is 0 Å². The van der Waals surface area contributed by atoms with Gasteiger partial charge in [0.1, 0.15) is 12.6 Å². The van der Waals surface area contributed by atoms with E-state index in [0.29, 0.717) is 17.1 Å². The van der Waals surface area contributed by atoms with Gasteiger partial charge in [-0.15, -0.1) is 0 Å². The number of carboxylic acid groups (broad SMARTS) is 1. The predicted molar refractivity (Wildman–Crippen MR) is 92.4 cm³/mol. The van der Waals surface area contributed by atoms with Crippen molar-refractivity contribution in [2.24, 2.45) is 0 Å². The Labute approximate surface area is 144 Å². The second kappa shape index (κ2) is 6.39. The smallest absolute Gasteiger partial charge is 0.325 e. The number of hydrogen-bond donors (Lipinski definition) is 2. The van der Waals surface area contributed by atoms with Crippen LogP contribution in [0.1, 0.15) is 24.4 Å². The van der Waals surface area contributed by atoms with Gasteiger partial charge < -0.3 is 15.0 Å². The summed E-state index contributed by atoms with van der Waals surface area (Å²) in [7, 11) is 0. The summed E-state index contributed by atoms with van der Waals surface area (Å²) < 4.78 is 3.17. The van der Waals surface area contributed by atoms with Crippen molar-refractivity contribution in [2.45, 2.75) is 33.4 Å². The molecular weight excluding hydrogens is 322 g/mol. The van der Waals surface area contributed by atoms with E-state index < -0.39 is 12.0 Å². The lowest BCUT2D eigenvalue weighted by Gasteiger charge is -2.15. The molecule has 0 aliphatic carbocycles. The number of carbonyl (C=O) groups is 2. The summed E-state index contributed by atoms with van der Waals surface area (Å²) in [6, 6.07) is 7.12. The van der Waals surface area contributed by atoms with Crippen molar-refractivity contribution in [2.75, 3.05) is 5.32 Å². The number of imidazole rings is 1. The van der Waals surface area contributed by atoms with E-state index in [4.69, 9.17) is 5.11 Å². The molecule has 8 nitrogen and oxygen atoms in total. The standard InChI is InChI=1S/C17H19N5O3/c1-10-16(11(2)22(20-10)8-15(23)24)19-17(25)12(3)21-9-18-13-6-4-5-7-14(13)21/h4-7,9,12H,8H2,1-3H3,(H,19,25)(H,23,24). The molecule has 0 aliphatic rings. The second-order valence-electron chi connectivity index (χ2n) is 5.90. The van der Waals surface area contributed by atoms with Gasteiger partial charge in [-0.05, 0) is 32.9 Å². The van der Waals surface area contributed by atoms with Crippen molar-refractivity contribution in [3.8, 4) is 0 Å². The summed E-state index contributed by atoms with van der Waals surface area (Å²) in [6.07, 6.45) is 1.64. The van der Waals surface area contributed by atoms with E-state index in [1.165, 1.54) is 4.68 Å². The number of aromatic nitrogens is 4. The molecule has 1 unspecified atom stereocenters. The van der Waals surface area contributed by atoms with E-state index >= 15 is 0 Å². The highest BCUT2D eigenvalue weighted by Gasteiger charge is 2.21. The van der Waals surface area contributed by atoms with E-state index in [0.717, 1.165) is 11.0 Å². The van der Waals surface area contributed by atoms with Crippen molar-refractivity contribution in [1.82, 2.24) is 19.3 Å². The summed E-state index contributed by atoms with van der Waals surface area (Å²) in [4.78, 5) is 27.9. The van der Waals surface area contributed by atoms with Crippen LogP contribution in [-0.4, -0.2) is 36.3 Å². The zero-order chi connectivity index (χ0) is 18.1. The number of carboxylic acids is 1. The average Bonchev–Trinajstić information content (AvgIpc) is 3.10. The number of nitrogens with zero attached hydrogens (tertiary/aromatic N) is 4. The second-order valence-corrected chi connectivity index (χ2v) is 5.90. The summed E-state index contributed by atoms with van der Waals surface area (Å²) in [5, 5.41) is 16.0. The molecule has 2 heterocycles. The van der Waals surface area contributed by atoms with Crippen LogP contribution >= 0.6 is 0 Å². The number of carbonyl (C=O) groups excluding carboxylic acids is 1. The molecule has 0 saturated carbocycles. The minimum atomic E-state index is -0.985. The lowest BCUT2D eigenvalue weighted by atomic mass is 10.2. The fourth-order valence-corrected chi connectivity index (χ4v) is 2.80. The van der Waals surface area contributed by atoms with Crippen LogP contribution < -0.4 is 5.32 Å². The Hall–Kier alpha value is -3.16. The van der Waals surface area contributed by atoms with Gasteiger partial charge in [-0.1, -0.05) is 12.1 Å². The molecule has 2 N–H and O–H groups in total. The van der Waals surface area contributed by atoms with Crippen LogP contribution in [0.5, 0.6) is 0 Å². The molecule has 1 aromatic carbocycles. The normalized spacial score (nSPS) is 12.3. The molecule has 130 valence electrons. The summed E-state index contributed by atoms with van der Waals surface area (Å²) in [5.74, 6) is -1.20. The number of rotatable bonds is 5. The Morgan fingerprint density at radius 3 is 2.72 bits per heavy atom. The monoisotopic (exact) mass is 341 g/mol. The van der Waals surface area contributed by atoms with Crippen LogP contribution in [0.15, 0.2) is 30.6 Å². The van der Waals surface area contributed by atoms with E-state index in [2.05, 4.69) is 15.4 Å². The fourth-order valence-electron chi connectivity index (χ4n) is 2.80. The van der Waals surface area contributed by atoms with Gasteiger partial charge in [0.15, 0.2) is 0 Å². The Kier molecular flexibility index (Phi) is 4.26. The van der Waals surface area contributed by atoms with Gasteiger partial charge >= 0.3 is 5.97 Å². The van der Waals surface area contributed by atoms with Crippen molar-refractivity contribution < 1.29 is 14.7 Å². The molecule has 8 heteroatoms. The molecule has 0 radical (unpaired) electrons. The van der Waals surface area contributed by atoms with E-state index in [1.807, 2.05) is 24.3 Å². The third-order valence-electron chi connectivity index (χ3n) is 4.19. The van der Waals surface area contributed by atoms with Crippen molar-refractivity contribution >= 4 is 28.6 Å². The number of amides is 1. The summed E-state index contributed by atoms with van der Waals surface area (Å²) in [5.41, 5.74) is 3.43. The number of anilines is 1. The number of hydrogen-bond acceptors (Lipinski definition) is 4. The van der Waals surface area contributed by atoms with Gasteiger partial charge in [-0.3, -0.25) is 14.3 Å². The van der Waals surface area contributed by atoms with Gasteiger partial charge in [0.25, 0.3) is 0 Å².